The highest BCUT2D eigenvalue weighted by Gasteiger charge is 1.98. The number of hydrogen-bond donors (Lipinski definition) is 1. The fourth-order valence-corrected chi connectivity index (χ4v) is 1.65. The Bertz CT molecular complexity index is 490. The van der Waals surface area contributed by atoms with Gasteiger partial charge in [-0.15, -0.1) is 5.10 Å². The summed E-state index contributed by atoms with van der Waals surface area (Å²) in [6, 6.07) is 7.52. The summed E-state index contributed by atoms with van der Waals surface area (Å²) < 4.78 is 1.81. The highest BCUT2D eigenvalue weighted by atomic mass is 16.1. The van der Waals surface area contributed by atoms with E-state index < -0.39 is 0 Å². The lowest BCUT2D eigenvalue weighted by molar-refractivity contribution is 0.101. The Kier molecular flexibility index (Phi) is 4.06. The maximum absolute atomic E-state index is 11.1. The minimum Gasteiger partial charge on any atom is -0.385 e. The predicted octanol–water partition coefficient (Wildman–Crippen LogP) is 1.98. The Morgan fingerprint density at radius 1 is 1.33 bits per heavy atom. The van der Waals surface area contributed by atoms with E-state index in [0.29, 0.717) is 0 Å². The van der Waals surface area contributed by atoms with E-state index in [1.807, 2.05) is 30.5 Å². The summed E-state index contributed by atoms with van der Waals surface area (Å²) in [4.78, 5) is 11.1. The maximum atomic E-state index is 11.1. The van der Waals surface area contributed by atoms with Gasteiger partial charge in [-0.3, -0.25) is 9.48 Å². The van der Waals surface area contributed by atoms with Gasteiger partial charge in [0.2, 0.25) is 0 Å². The molecule has 0 aliphatic rings. The summed E-state index contributed by atoms with van der Waals surface area (Å²) in [5, 5.41) is 10.9. The number of rotatable bonds is 6. The molecule has 0 radical (unpaired) electrons. The molecular weight excluding hydrogens is 228 g/mol. The normalized spacial score (nSPS) is 10.3. The van der Waals surface area contributed by atoms with E-state index in [2.05, 4.69) is 15.6 Å². The van der Waals surface area contributed by atoms with Gasteiger partial charge in [0, 0.05) is 30.5 Å². The second-order valence-electron chi connectivity index (χ2n) is 4.08. The number of hydrogen-bond acceptors (Lipinski definition) is 4. The van der Waals surface area contributed by atoms with Gasteiger partial charge >= 0.3 is 0 Å². The maximum Gasteiger partial charge on any atom is 0.159 e. The molecule has 0 saturated carbocycles. The summed E-state index contributed by atoms with van der Waals surface area (Å²) in [6.45, 7) is 3.28. The topological polar surface area (TPSA) is 59.8 Å². The van der Waals surface area contributed by atoms with Crippen LogP contribution >= 0.6 is 0 Å². The molecule has 0 amide bonds. The number of Topliss-reactive ketones (excluding diaryl/α,β-unsaturated/α-hetero) is 1. The highest BCUT2D eigenvalue weighted by molar-refractivity contribution is 5.94. The summed E-state index contributed by atoms with van der Waals surface area (Å²) in [5.74, 6) is 0.0905. The van der Waals surface area contributed by atoms with Crippen molar-refractivity contribution in [1.29, 1.82) is 0 Å². The van der Waals surface area contributed by atoms with Gasteiger partial charge in [-0.2, -0.15) is 0 Å². The third-order valence-corrected chi connectivity index (χ3v) is 2.66. The van der Waals surface area contributed by atoms with Crippen LogP contribution in [0, 0.1) is 0 Å². The molecule has 2 rings (SSSR count). The first-order valence-electron chi connectivity index (χ1n) is 5.95. The van der Waals surface area contributed by atoms with Crippen LogP contribution in [0.4, 0.5) is 5.69 Å². The second kappa shape index (κ2) is 5.95. The van der Waals surface area contributed by atoms with Crippen molar-refractivity contribution in [3.8, 4) is 0 Å². The molecule has 5 heteroatoms. The van der Waals surface area contributed by atoms with E-state index in [4.69, 9.17) is 0 Å². The first kappa shape index (κ1) is 12.3. The first-order valence-corrected chi connectivity index (χ1v) is 5.95. The Balaban J connectivity index is 1.75. The molecule has 0 bridgehead atoms. The molecule has 1 aromatic carbocycles. The van der Waals surface area contributed by atoms with Crippen molar-refractivity contribution in [2.24, 2.45) is 0 Å². The SMILES string of the molecule is CC(=O)c1ccc(NCCCn2ccnn2)cc1. The number of ketones is 1. The number of carbonyl (C=O) groups is 1. The predicted molar refractivity (Wildman–Crippen MR) is 69.6 cm³/mol. The molecule has 0 fully saturated rings. The van der Waals surface area contributed by atoms with Crippen LogP contribution in [-0.4, -0.2) is 27.3 Å². The molecule has 5 nitrogen and oxygen atoms in total. The largest absolute Gasteiger partial charge is 0.385 e. The Hall–Kier alpha value is -2.17. The lowest BCUT2D eigenvalue weighted by atomic mass is 10.1. The van der Waals surface area contributed by atoms with Crippen LogP contribution in [0.3, 0.4) is 0 Å². The van der Waals surface area contributed by atoms with Gasteiger partial charge < -0.3 is 5.32 Å². The third-order valence-electron chi connectivity index (χ3n) is 2.66. The highest BCUT2D eigenvalue weighted by Crippen LogP contribution is 2.09. The van der Waals surface area contributed by atoms with Gasteiger partial charge in [0.05, 0.1) is 6.20 Å². The number of nitrogens with zero attached hydrogens (tertiary/aromatic N) is 3. The summed E-state index contributed by atoms with van der Waals surface area (Å²) in [6.07, 6.45) is 4.49. The van der Waals surface area contributed by atoms with Crippen LogP contribution in [0.2, 0.25) is 0 Å². The molecule has 1 heterocycles. The monoisotopic (exact) mass is 244 g/mol. The molecule has 0 spiro atoms. The van der Waals surface area contributed by atoms with Crippen LogP contribution in [0.5, 0.6) is 0 Å². The molecule has 18 heavy (non-hydrogen) atoms. The van der Waals surface area contributed by atoms with Crippen molar-refractivity contribution in [3.63, 3.8) is 0 Å². The standard InChI is InChI=1S/C13H16N4O/c1-11(18)12-3-5-13(6-4-12)14-7-2-9-17-10-8-15-16-17/h3-6,8,10,14H,2,7,9H2,1H3. The third kappa shape index (κ3) is 3.41. The molecule has 0 atom stereocenters. The second-order valence-corrected chi connectivity index (χ2v) is 4.08. The van der Waals surface area contributed by atoms with E-state index in [0.717, 1.165) is 30.8 Å². The number of carbonyl (C=O) groups excluding carboxylic acids is 1. The Morgan fingerprint density at radius 2 is 2.11 bits per heavy atom. The van der Waals surface area contributed by atoms with Crippen molar-refractivity contribution in [2.75, 3.05) is 11.9 Å². The average molecular weight is 244 g/mol. The van der Waals surface area contributed by atoms with Crippen LogP contribution in [0.15, 0.2) is 36.7 Å². The van der Waals surface area contributed by atoms with E-state index >= 15 is 0 Å². The number of anilines is 1. The molecule has 0 aliphatic heterocycles. The van der Waals surface area contributed by atoms with Crippen molar-refractivity contribution in [1.82, 2.24) is 15.0 Å². The fourth-order valence-electron chi connectivity index (χ4n) is 1.65. The van der Waals surface area contributed by atoms with E-state index in [1.165, 1.54) is 0 Å². The van der Waals surface area contributed by atoms with Gasteiger partial charge in [0.1, 0.15) is 0 Å². The van der Waals surface area contributed by atoms with Gasteiger partial charge in [-0.1, -0.05) is 5.21 Å². The van der Waals surface area contributed by atoms with Crippen LogP contribution < -0.4 is 5.32 Å². The van der Waals surface area contributed by atoms with Crippen LogP contribution in [-0.2, 0) is 6.54 Å². The lowest BCUT2D eigenvalue weighted by Gasteiger charge is -2.06. The number of nitrogens with one attached hydrogen (secondary N) is 1. The van der Waals surface area contributed by atoms with Crippen LogP contribution in [0.1, 0.15) is 23.7 Å². The first-order chi connectivity index (χ1) is 8.75. The van der Waals surface area contributed by atoms with Gasteiger partial charge in [0.15, 0.2) is 5.78 Å². The zero-order chi connectivity index (χ0) is 12.8. The molecule has 1 N–H and O–H groups in total. The smallest absolute Gasteiger partial charge is 0.159 e. The fraction of sp³-hybridized carbons (Fsp3) is 0.308. The molecule has 0 unspecified atom stereocenters. The molecule has 0 saturated heterocycles. The quantitative estimate of drug-likeness (QED) is 0.623. The molecule has 0 aliphatic carbocycles. The van der Waals surface area contributed by atoms with Gasteiger partial charge in [-0.25, -0.2) is 0 Å². The molecule has 94 valence electrons. The minimum atomic E-state index is 0.0905. The van der Waals surface area contributed by atoms with Crippen molar-refractivity contribution in [3.05, 3.63) is 42.2 Å². The van der Waals surface area contributed by atoms with Crippen molar-refractivity contribution < 1.29 is 4.79 Å². The van der Waals surface area contributed by atoms with E-state index in [1.54, 1.807) is 17.8 Å². The summed E-state index contributed by atoms with van der Waals surface area (Å²) >= 11 is 0. The van der Waals surface area contributed by atoms with Crippen molar-refractivity contribution in [2.45, 2.75) is 19.9 Å². The van der Waals surface area contributed by atoms with Crippen molar-refractivity contribution >= 4 is 11.5 Å². The number of benzene rings is 1. The van der Waals surface area contributed by atoms with E-state index in [-0.39, 0.29) is 5.78 Å². The Labute approximate surface area is 106 Å². The summed E-state index contributed by atoms with van der Waals surface area (Å²) in [7, 11) is 0. The zero-order valence-corrected chi connectivity index (χ0v) is 10.3. The molecular formula is C13H16N4O. The number of aromatic nitrogens is 3. The molecule has 2 aromatic rings. The van der Waals surface area contributed by atoms with Gasteiger partial charge in [0.25, 0.3) is 0 Å². The van der Waals surface area contributed by atoms with Gasteiger partial charge in [-0.05, 0) is 37.6 Å². The number of aryl methyl sites for hydroxylation is 1. The lowest BCUT2D eigenvalue weighted by Crippen LogP contribution is -2.07. The Morgan fingerprint density at radius 3 is 2.72 bits per heavy atom. The molecule has 1 aromatic heterocycles. The van der Waals surface area contributed by atoms with E-state index in [9.17, 15) is 4.79 Å². The average Bonchev–Trinajstić information content (AvgIpc) is 2.88. The van der Waals surface area contributed by atoms with Crippen LogP contribution in [0.25, 0.3) is 0 Å². The minimum absolute atomic E-state index is 0.0905. The zero-order valence-electron chi connectivity index (χ0n) is 10.3. The summed E-state index contributed by atoms with van der Waals surface area (Å²) in [5.41, 5.74) is 1.77.